The number of nitrogens with zero attached hydrogens (tertiary/aromatic N) is 2. The van der Waals surface area contributed by atoms with E-state index in [4.69, 9.17) is 36.3 Å². The second kappa shape index (κ2) is 9.84. The lowest BCUT2D eigenvalue weighted by Crippen LogP contribution is -2.37. The first-order chi connectivity index (χ1) is 14.2. The summed E-state index contributed by atoms with van der Waals surface area (Å²) < 4.78 is 21.3. The normalized spacial score (nSPS) is 27.4. The zero-order chi connectivity index (χ0) is 21.9. The molecule has 3 rings (SSSR count). The molecule has 1 saturated carbocycles. The number of ether oxygens (including phenoxy) is 2. The summed E-state index contributed by atoms with van der Waals surface area (Å²) in [4.78, 5) is 25.9. The average Bonchev–Trinajstić information content (AvgIpc) is 3.25. The van der Waals surface area contributed by atoms with Crippen LogP contribution in [0.5, 0.6) is 0 Å². The summed E-state index contributed by atoms with van der Waals surface area (Å²) in [6.45, 7) is -0.335. The molecule has 2 fully saturated rings. The molecular weight excluding hydrogens is 441 g/mol. The maximum absolute atomic E-state index is 10.9. The fourth-order valence-electron chi connectivity index (χ4n) is 3.49. The minimum Gasteiger partial charge on any atom is -0.387 e. The van der Waals surface area contributed by atoms with Gasteiger partial charge in [0.15, 0.2) is 6.23 Å². The zero-order valence-electron chi connectivity index (χ0n) is 15.9. The van der Waals surface area contributed by atoms with Crippen LogP contribution in [0.15, 0.2) is 0 Å². The molecule has 0 amide bonds. The molecule has 0 spiro atoms. The van der Waals surface area contributed by atoms with E-state index in [1.807, 2.05) is 0 Å². The molecule has 4 atom stereocenters. The number of anilines is 2. The van der Waals surface area contributed by atoms with Gasteiger partial charge in [-0.3, -0.25) is 4.57 Å². The van der Waals surface area contributed by atoms with Gasteiger partial charge in [0.1, 0.15) is 36.3 Å². The van der Waals surface area contributed by atoms with Crippen LogP contribution >= 0.6 is 19.2 Å². The van der Waals surface area contributed by atoms with Crippen molar-refractivity contribution in [1.29, 1.82) is 5.41 Å². The lowest BCUT2D eigenvalue weighted by atomic mass is 10.1. The van der Waals surface area contributed by atoms with Gasteiger partial charge in [0.2, 0.25) is 5.28 Å². The number of aliphatic hydroxyl groups is 2. The molecule has 1 aliphatic heterocycles. The third kappa shape index (κ3) is 5.86. The Labute approximate surface area is 177 Å². The van der Waals surface area contributed by atoms with E-state index in [0.717, 1.165) is 31.9 Å². The van der Waals surface area contributed by atoms with Crippen LogP contribution in [0.1, 0.15) is 31.2 Å². The van der Waals surface area contributed by atoms with Gasteiger partial charge in [-0.05, 0) is 24.4 Å². The van der Waals surface area contributed by atoms with Crippen LogP contribution in [0.4, 0.5) is 11.6 Å². The molecule has 168 valence electrons. The smallest absolute Gasteiger partial charge is 0.350 e. The van der Waals surface area contributed by atoms with Gasteiger partial charge in [0, 0.05) is 12.3 Å². The SMILES string of the molecule is N=Cc1c(NC2CCCC2)nc(Cl)nc1N[C@@H]1O[C@H](COCP(=O)(O)O)[C@@H](O)[C@H]1O. The van der Waals surface area contributed by atoms with Gasteiger partial charge < -0.3 is 45.5 Å². The maximum atomic E-state index is 10.9. The van der Waals surface area contributed by atoms with E-state index in [9.17, 15) is 14.8 Å². The lowest BCUT2D eigenvalue weighted by molar-refractivity contribution is -0.0329. The molecular formula is C16H25ClN5O7P. The van der Waals surface area contributed by atoms with E-state index in [1.165, 1.54) is 0 Å². The summed E-state index contributed by atoms with van der Waals surface area (Å²) in [6, 6.07) is 0.216. The number of halogens is 1. The van der Waals surface area contributed by atoms with Crippen molar-refractivity contribution in [2.24, 2.45) is 0 Å². The molecule has 0 aromatic carbocycles. The number of hydrogen-bond donors (Lipinski definition) is 7. The predicted octanol–water partition coefficient (Wildman–Crippen LogP) is 0.493. The van der Waals surface area contributed by atoms with E-state index >= 15 is 0 Å². The highest BCUT2D eigenvalue weighted by Crippen LogP contribution is 2.34. The molecule has 1 aliphatic carbocycles. The molecule has 14 heteroatoms. The summed E-state index contributed by atoms with van der Waals surface area (Å²) in [5.41, 5.74) is 0.317. The summed E-state index contributed by atoms with van der Waals surface area (Å²) in [7, 11) is -4.36. The number of aliphatic hydroxyl groups excluding tert-OH is 2. The summed E-state index contributed by atoms with van der Waals surface area (Å²) in [6.07, 6.45) is -0.502. The summed E-state index contributed by atoms with van der Waals surface area (Å²) in [5.74, 6) is 0.521. The number of rotatable bonds is 9. The van der Waals surface area contributed by atoms with E-state index in [1.54, 1.807) is 0 Å². The quantitative estimate of drug-likeness (QED) is 0.152. The van der Waals surface area contributed by atoms with Crippen LogP contribution in [-0.2, 0) is 14.0 Å². The molecule has 12 nitrogen and oxygen atoms in total. The van der Waals surface area contributed by atoms with Crippen LogP contribution in [0.25, 0.3) is 0 Å². The monoisotopic (exact) mass is 465 g/mol. The zero-order valence-corrected chi connectivity index (χ0v) is 17.6. The summed E-state index contributed by atoms with van der Waals surface area (Å²) >= 11 is 6.03. The van der Waals surface area contributed by atoms with Crippen molar-refractivity contribution < 1.29 is 34.0 Å². The highest BCUT2D eigenvalue weighted by Gasteiger charge is 2.43. The Morgan fingerprint density at radius 1 is 1.20 bits per heavy atom. The first kappa shape index (κ1) is 23.3. The van der Waals surface area contributed by atoms with Crippen molar-refractivity contribution in [3.8, 4) is 0 Å². The predicted molar refractivity (Wildman–Crippen MR) is 108 cm³/mol. The maximum Gasteiger partial charge on any atom is 0.350 e. The summed E-state index contributed by atoms with van der Waals surface area (Å²) in [5, 5.41) is 34.2. The largest absolute Gasteiger partial charge is 0.387 e. The fourth-order valence-corrected chi connectivity index (χ4v) is 4.00. The van der Waals surface area contributed by atoms with Crippen molar-refractivity contribution in [3.63, 3.8) is 0 Å². The van der Waals surface area contributed by atoms with Crippen molar-refractivity contribution in [3.05, 3.63) is 10.8 Å². The molecule has 0 unspecified atom stereocenters. The van der Waals surface area contributed by atoms with Gasteiger partial charge in [-0.1, -0.05) is 12.8 Å². The molecule has 1 aromatic rings. The van der Waals surface area contributed by atoms with Gasteiger partial charge in [0.25, 0.3) is 0 Å². The Balaban J connectivity index is 1.70. The minimum absolute atomic E-state index is 0.0711. The van der Waals surface area contributed by atoms with Crippen molar-refractivity contribution in [2.45, 2.75) is 56.3 Å². The van der Waals surface area contributed by atoms with Gasteiger partial charge >= 0.3 is 7.60 Å². The highest BCUT2D eigenvalue weighted by molar-refractivity contribution is 7.51. The Hall–Kier alpha value is -1.37. The van der Waals surface area contributed by atoms with Gasteiger partial charge in [-0.25, -0.2) is 0 Å². The third-order valence-corrected chi connectivity index (χ3v) is 5.63. The average molecular weight is 466 g/mol. The van der Waals surface area contributed by atoms with Crippen LogP contribution in [0.3, 0.4) is 0 Å². The molecule has 0 bridgehead atoms. The first-order valence-corrected chi connectivity index (χ1v) is 11.6. The molecule has 1 aromatic heterocycles. The second-order valence-corrected chi connectivity index (χ2v) is 9.18. The van der Waals surface area contributed by atoms with Crippen LogP contribution in [0, 0.1) is 5.41 Å². The first-order valence-electron chi connectivity index (χ1n) is 9.43. The third-order valence-electron chi connectivity index (χ3n) is 4.94. The Morgan fingerprint density at radius 2 is 1.83 bits per heavy atom. The van der Waals surface area contributed by atoms with E-state index < -0.39 is 38.5 Å². The Bertz CT molecular complexity index is 806. The molecule has 2 aliphatic rings. The van der Waals surface area contributed by atoms with Crippen molar-refractivity contribution in [1.82, 2.24) is 9.97 Å². The number of nitrogens with one attached hydrogen (secondary N) is 3. The minimum atomic E-state index is -4.36. The molecule has 2 heterocycles. The van der Waals surface area contributed by atoms with E-state index in [-0.39, 0.29) is 23.8 Å². The molecule has 1 saturated heterocycles. The van der Waals surface area contributed by atoms with Crippen LogP contribution < -0.4 is 10.6 Å². The van der Waals surface area contributed by atoms with Gasteiger partial charge in [-0.15, -0.1) is 0 Å². The number of hydrogen-bond acceptors (Lipinski definition) is 10. The van der Waals surface area contributed by atoms with Gasteiger partial charge in [-0.2, -0.15) is 9.97 Å². The second-order valence-electron chi connectivity index (χ2n) is 7.26. The standard InChI is InChI=1S/C16H25ClN5O7P/c17-16-21-13(19-8-3-1-2-4-8)9(5-18)14(22-16)20-15-12(24)11(23)10(29-15)6-28-7-30(25,26)27/h5,8,10-12,15,18,23-24H,1-4,6-7H2,(H2,25,26,27)(H2,19,20,21,22)/t10-,11-,12-,15-/m1/s1. The van der Waals surface area contributed by atoms with Crippen molar-refractivity contribution >= 4 is 37.0 Å². The topological polar surface area (TPSA) is 190 Å². The van der Waals surface area contributed by atoms with E-state index in [2.05, 4.69) is 20.6 Å². The van der Waals surface area contributed by atoms with Crippen molar-refractivity contribution in [2.75, 3.05) is 23.6 Å². The molecule has 0 radical (unpaired) electrons. The number of aromatic nitrogens is 2. The van der Waals surface area contributed by atoms with Crippen LogP contribution in [-0.4, -0.2) is 79.7 Å². The molecule has 7 N–H and O–H groups in total. The highest BCUT2D eigenvalue weighted by atomic mass is 35.5. The lowest BCUT2D eigenvalue weighted by Gasteiger charge is -2.21. The Morgan fingerprint density at radius 3 is 2.43 bits per heavy atom. The fraction of sp³-hybridized carbons (Fsp3) is 0.688. The van der Waals surface area contributed by atoms with E-state index in [0.29, 0.717) is 11.4 Å². The van der Waals surface area contributed by atoms with Gasteiger partial charge in [0.05, 0.1) is 12.2 Å². The Kier molecular flexibility index (Phi) is 7.64. The van der Waals surface area contributed by atoms with Crippen LogP contribution in [0.2, 0.25) is 5.28 Å². The molecule has 30 heavy (non-hydrogen) atoms.